The molecule has 2 fully saturated rings. The molecule has 1 aromatic heterocycles. The summed E-state index contributed by atoms with van der Waals surface area (Å²) in [5.74, 6) is 1.02. The summed E-state index contributed by atoms with van der Waals surface area (Å²) in [6.45, 7) is 6.11. The molecular weight excluding hydrogens is 579 g/mol. The molecule has 0 radical (unpaired) electrons. The van der Waals surface area contributed by atoms with Crippen molar-refractivity contribution in [3.63, 3.8) is 0 Å². The summed E-state index contributed by atoms with van der Waals surface area (Å²) in [7, 11) is 0. The van der Waals surface area contributed by atoms with Gasteiger partial charge < -0.3 is 20.9 Å². The van der Waals surface area contributed by atoms with Crippen LogP contribution in [0.2, 0.25) is 10.0 Å². The number of amides is 2. The summed E-state index contributed by atoms with van der Waals surface area (Å²) >= 11 is 13.9. The van der Waals surface area contributed by atoms with E-state index in [-0.39, 0.29) is 23.9 Å². The lowest BCUT2D eigenvalue weighted by Crippen LogP contribution is -2.63. The Morgan fingerprint density at radius 1 is 1.12 bits per heavy atom. The molecule has 226 valence electrons. The van der Waals surface area contributed by atoms with Crippen LogP contribution in [-0.2, 0) is 16.0 Å². The Hall–Kier alpha value is -1.94. The summed E-state index contributed by atoms with van der Waals surface area (Å²) in [5, 5.41) is 13.1. The highest BCUT2D eigenvalue weighted by molar-refractivity contribution is 7.13. The molecule has 1 unspecified atom stereocenters. The SMILES string of the molecule is CC(C)C[C@@H]1CN(C(=O)C(N)Cc2ccc(Cl)cc2Cl)[C@@H](CCCNc2nncs2)CN1C(=O)CC1CCCCC1. The molecule has 1 saturated heterocycles. The molecule has 41 heavy (non-hydrogen) atoms. The third-order valence-corrected chi connectivity index (χ3v) is 9.59. The normalized spacial score (nSPS) is 20.8. The van der Waals surface area contributed by atoms with Crippen molar-refractivity contribution in [1.29, 1.82) is 0 Å². The van der Waals surface area contributed by atoms with Gasteiger partial charge in [-0.3, -0.25) is 9.59 Å². The van der Waals surface area contributed by atoms with Gasteiger partial charge >= 0.3 is 0 Å². The minimum absolute atomic E-state index is 0.0165. The van der Waals surface area contributed by atoms with Crippen LogP contribution in [0.25, 0.3) is 0 Å². The number of benzene rings is 1. The average molecular weight is 624 g/mol. The highest BCUT2D eigenvalue weighted by Crippen LogP contribution is 2.30. The molecule has 11 heteroatoms. The third-order valence-electron chi connectivity index (χ3n) is 8.35. The van der Waals surface area contributed by atoms with Crippen LogP contribution in [0, 0.1) is 11.8 Å². The van der Waals surface area contributed by atoms with Crippen LogP contribution in [-0.4, -0.2) is 69.6 Å². The van der Waals surface area contributed by atoms with E-state index >= 15 is 0 Å². The van der Waals surface area contributed by atoms with E-state index in [0.29, 0.717) is 54.4 Å². The molecule has 1 aromatic carbocycles. The van der Waals surface area contributed by atoms with Gasteiger partial charge in [0.25, 0.3) is 0 Å². The number of carbonyl (C=O) groups is 2. The van der Waals surface area contributed by atoms with Crippen LogP contribution >= 0.6 is 34.5 Å². The summed E-state index contributed by atoms with van der Waals surface area (Å²) in [6.07, 6.45) is 9.37. The van der Waals surface area contributed by atoms with E-state index in [1.165, 1.54) is 30.6 Å². The Bertz CT molecular complexity index is 1130. The Morgan fingerprint density at radius 3 is 2.56 bits per heavy atom. The number of hydrogen-bond acceptors (Lipinski definition) is 7. The molecule has 0 spiro atoms. The van der Waals surface area contributed by atoms with Crippen LogP contribution in [0.15, 0.2) is 23.7 Å². The number of aromatic nitrogens is 2. The number of piperazine rings is 1. The topological polar surface area (TPSA) is 104 Å². The number of anilines is 1. The van der Waals surface area contributed by atoms with E-state index in [1.807, 2.05) is 11.0 Å². The Labute approximate surface area is 258 Å². The van der Waals surface area contributed by atoms with Crippen LogP contribution in [0.3, 0.4) is 0 Å². The highest BCUT2D eigenvalue weighted by atomic mass is 35.5. The highest BCUT2D eigenvalue weighted by Gasteiger charge is 2.40. The van der Waals surface area contributed by atoms with E-state index in [4.69, 9.17) is 28.9 Å². The van der Waals surface area contributed by atoms with Crippen LogP contribution in [0.4, 0.5) is 5.13 Å². The number of nitrogens with one attached hydrogen (secondary N) is 1. The first-order chi connectivity index (χ1) is 19.7. The second kappa shape index (κ2) is 15.5. The fourth-order valence-corrected chi connectivity index (χ4v) is 7.24. The predicted molar refractivity (Wildman–Crippen MR) is 167 cm³/mol. The smallest absolute Gasteiger partial charge is 0.240 e. The van der Waals surface area contributed by atoms with Gasteiger partial charge in [-0.15, -0.1) is 10.2 Å². The van der Waals surface area contributed by atoms with Crippen molar-refractivity contribution < 1.29 is 9.59 Å². The zero-order chi connectivity index (χ0) is 29.4. The molecule has 1 aliphatic heterocycles. The first kappa shape index (κ1) is 32.0. The predicted octanol–water partition coefficient (Wildman–Crippen LogP) is 6.03. The molecular formula is C30H44Cl2N6O2S. The van der Waals surface area contributed by atoms with Crippen molar-refractivity contribution in [2.75, 3.05) is 25.0 Å². The Balaban J connectivity index is 1.49. The zero-order valence-corrected chi connectivity index (χ0v) is 26.6. The molecule has 3 N–H and O–H groups in total. The van der Waals surface area contributed by atoms with Gasteiger partial charge in [0.2, 0.25) is 16.9 Å². The van der Waals surface area contributed by atoms with E-state index in [9.17, 15) is 9.59 Å². The fourth-order valence-electron chi connectivity index (χ4n) is 6.28. The minimum Gasteiger partial charge on any atom is -0.360 e. The number of nitrogens with two attached hydrogens (primary N) is 1. The molecule has 4 rings (SSSR count). The lowest BCUT2D eigenvalue weighted by atomic mass is 9.86. The van der Waals surface area contributed by atoms with Gasteiger partial charge in [0.15, 0.2) is 0 Å². The van der Waals surface area contributed by atoms with Crippen molar-refractivity contribution >= 4 is 51.5 Å². The van der Waals surface area contributed by atoms with Gasteiger partial charge in [0, 0.05) is 48.2 Å². The quantitative estimate of drug-likeness (QED) is 0.280. The molecule has 0 bridgehead atoms. The number of hydrogen-bond donors (Lipinski definition) is 2. The van der Waals surface area contributed by atoms with Crippen LogP contribution in [0.1, 0.15) is 77.2 Å². The molecule has 1 saturated carbocycles. The van der Waals surface area contributed by atoms with Crippen molar-refractivity contribution in [3.8, 4) is 0 Å². The third kappa shape index (κ3) is 9.27. The lowest BCUT2D eigenvalue weighted by molar-refractivity contribution is -0.149. The molecule has 8 nitrogen and oxygen atoms in total. The van der Waals surface area contributed by atoms with E-state index in [2.05, 4.69) is 34.3 Å². The molecule has 1 aliphatic carbocycles. The molecule has 2 aromatic rings. The Morgan fingerprint density at radius 2 is 1.88 bits per heavy atom. The van der Waals surface area contributed by atoms with Gasteiger partial charge in [-0.05, 0) is 68.1 Å². The van der Waals surface area contributed by atoms with Crippen LogP contribution in [0.5, 0.6) is 0 Å². The zero-order valence-electron chi connectivity index (χ0n) is 24.2. The standard InChI is InChI=1S/C30H44Cl2N6O2S/c1-20(2)13-25-18-38(29(40)27(33)15-22-10-11-23(31)16-26(22)32)24(9-6-12-34-30-36-35-19-41-30)17-37(25)28(39)14-21-7-4-3-5-8-21/h10-11,16,19-21,24-25,27H,3-9,12-15,17-18,33H2,1-2H3,(H,34,36)/t24-,25+,27?/m0/s1. The minimum atomic E-state index is -0.736. The fraction of sp³-hybridized carbons (Fsp3) is 0.667. The van der Waals surface area contributed by atoms with E-state index < -0.39 is 6.04 Å². The van der Waals surface area contributed by atoms with E-state index in [0.717, 1.165) is 42.8 Å². The van der Waals surface area contributed by atoms with Crippen LogP contribution < -0.4 is 11.1 Å². The number of nitrogens with zero attached hydrogens (tertiary/aromatic N) is 4. The van der Waals surface area contributed by atoms with Gasteiger partial charge in [0.1, 0.15) is 5.51 Å². The first-order valence-corrected chi connectivity index (χ1v) is 16.6. The monoisotopic (exact) mass is 622 g/mol. The van der Waals surface area contributed by atoms with Crippen molar-refractivity contribution in [3.05, 3.63) is 39.3 Å². The van der Waals surface area contributed by atoms with Crippen molar-refractivity contribution in [2.24, 2.45) is 17.6 Å². The maximum absolute atomic E-state index is 13.9. The number of carbonyl (C=O) groups excluding carboxylic acids is 2. The summed E-state index contributed by atoms with van der Waals surface area (Å²) in [4.78, 5) is 31.7. The molecule has 2 amide bonds. The second-order valence-corrected chi connectivity index (χ2v) is 13.7. The summed E-state index contributed by atoms with van der Waals surface area (Å²) in [6, 6.07) is 4.42. The van der Waals surface area contributed by atoms with Crippen molar-refractivity contribution in [2.45, 2.75) is 96.2 Å². The summed E-state index contributed by atoms with van der Waals surface area (Å²) < 4.78 is 0. The maximum Gasteiger partial charge on any atom is 0.240 e. The number of rotatable bonds is 12. The van der Waals surface area contributed by atoms with Gasteiger partial charge in [0.05, 0.1) is 6.04 Å². The molecule has 2 aliphatic rings. The van der Waals surface area contributed by atoms with E-state index in [1.54, 1.807) is 17.6 Å². The van der Waals surface area contributed by atoms with Gasteiger partial charge in [-0.2, -0.15) is 0 Å². The largest absolute Gasteiger partial charge is 0.360 e. The summed E-state index contributed by atoms with van der Waals surface area (Å²) in [5.41, 5.74) is 9.04. The second-order valence-electron chi connectivity index (χ2n) is 12.0. The Kier molecular flexibility index (Phi) is 12.1. The lowest BCUT2D eigenvalue weighted by Gasteiger charge is -2.48. The first-order valence-electron chi connectivity index (χ1n) is 15.0. The average Bonchev–Trinajstić information content (AvgIpc) is 3.46. The molecule has 2 heterocycles. The van der Waals surface area contributed by atoms with Gasteiger partial charge in [-0.25, -0.2) is 0 Å². The maximum atomic E-state index is 13.9. The van der Waals surface area contributed by atoms with Gasteiger partial charge in [-0.1, -0.05) is 73.7 Å². The molecule has 3 atom stereocenters. The number of halogens is 2. The van der Waals surface area contributed by atoms with Crippen molar-refractivity contribution in [1.82, 2.24) is 20.0 Å².